The van der Waals surface area contributed by atoms with Crippen molar-refractivity contribution in [3.63, 3.8) is 0 Å². The summed E-state index contributed by atoms with van der Waals surface area (Å²) >= 11 is 0. The van der Waals surface area contributed by atoms with Gasteiger partial charge in [0.05, 0.1) is 12.0 Å². The Hall–Kier alpha value is -1.18. The number of rotatable bonds is 6. The monoisotopic (exact) mass is 290 g/mol. The Balaban J connectivity index is 2.86. The maximum atomic E-state index is 13.5. The lowest BCUT2D eigenvalue weighted by molar-refractivity contribution is 0.385. The van der Waals surface area contributed by atoms with Gasteiger partial charge in [0.15, 0.2) is 11.6 Å². The summed E-state index contributed by atoms with van der Waals surface area (Å²) in [5, 5.41) is 0. The van der Waals surface area contributed by atoms with Gasteiger partial charge in [-0.05, 0) is 24.1 Å². The van der Waals surface area contributed by atoms with Gasteiger partial charge in [-0.3, -0.25) is 0 Å². The molecule has 0 heterocycles. The first-order valence-electron chi connectivity index (χ1n) is 5.86. The number of hydrogen-bond donors (Lipinski definition) is 2. The van der Waals surface area contributed by atoms with Gasteiger partial charge in [0.1, 0.15) is 0 Å². The average Bonchev–Trinajstić information content (AvgIpc) is 2.35. The zero-order valence-electron chi connectivity index (χ0n) is 11.2. The summed E-state index contributed by atoms with van der Waals surface area (Å²) in [4.78, 5) is -0.151. The van der Waals surface area contributed by atoms with E-state index in [4.69, 9.17) is 10.5 Å². The van der Waals surface area contributed by atoms with Crippen LogP contribution in [0.4, 0.5) is 4.39 Å². The normalized spacial score (nSPS) is 13.6. The van der Waals surface area contributed by atoms with Crippen LogP contribution < -0.4 is 15.2 Å². The quantitative estimate of drug-likeness (QED) is 0.822. The molecule has 19 heavy (non-hydrogen) atoms. The lowest BCUT2D eigenvalue weighted by Crippen LogP contribution is -2.40. The highest BCUT2D eigenvalue weighted by molar-refractivity contribution is 7.89. The molecule has 0 aliphatic rings. The Bertz CT molecular complexity index is 532. The standard InChI is InChI=1S/C12H19FN2O3S/c1-8(2)11(14)7-15-19(16,17)9-4-5-12(18-3)10(13)6-9/h4-6,8,11,15H,7,14H2,1-3H3. The largest absolute Gasteiger partial charge is 0.494 e. The van der Waals surface area contributed by atoms with Crippen LogP contribution in [0.15, 0.2) is 23.1 Å². The van der Waals surface area contributed by atoms with E-state index in [2.05, 4.69) is 4.72 Å². The summed E-state index contributed by atoms with van der Waals surface area (Å²) in [6.45, 7) is 3.89. The molecule has 1 atom stereocenters. The molecule has 1 rings (SSSR count). The van der Waals surface area contributed by atoms with E-state index in [1.165, 1.54) is 19.2 Å². The van der Waals surface area contributed by atoms with Crippen molar-refractivity contribution in [2.75, 3.05) is 13.7 Å². The van der Waals surface area contributed by atoms with Crippen molar-refractivity contribution < 1.29 is 17.5 Å². The summed E-state index contributed by atoms with van der Waals surface area (Å²) in [5.41, 5.74) is 5.76. The molecule has 0 aliphatic carbocycles. The van der Waals surface area contributed by atoms with Crippen molar-refractivity contribution in [3.05, 3.63) is 24.0 Å². The second kappa shape index (κ2) is 6.31. The van der Waals surface area contributed by atoms with Crippen molar-refractivity contribution in [1.82, 2.24) is 4.72 Å². The van der Waals surface area contributed by atoms with Crippen molar-refractivity contribution in [2.45, 2.75) is 24.8 Å². The molecule has 1 unspecified atom stereocenters. The first kappa shape index (κ1) is 15.9. The minimum Gasteiger partial charge on any atom is -0.494 e. The number of nitrogens with one attached hydrogen (secondary N) is 1. The highest BCUT2D eigenvalue weighted by Gasteiger charge is 2.18. The van der Waals surface area contributed by atoms with E-state index in [-0.39, 0.29) is 29.1 Å². The summed E-state index contributed by atoms with van der Waals surface area (Å²) in [6.07, 6.45) is 0. The van der Waals surface area contributed by atoms with Crippen molar-refractivity contribution in [3.8, 4) is 5.75 Å². The Morgan fingerprint density at radius 2 is 2.05 bits per heavy atom. The predicted octanol–water partition coefficient (Wildman–Crippen LogP) is 1.10. The van der Waals surface area contributed by atoms with Crippen LogP contribution >= 0.6 is 0 Å². The molecule has 1 aromatic carbocycles. The second-order valence-electron chi connectivity index (χ2n) is 4.56. The fourth-order valence-electron chi connectivity index (χ4n) is 1.34. The van der Waals surface area contributed by atoms with E-state index in [0.717, 1.165) is 6.07 Å². The minimum absolute atomic E-state index is 0.00201. The molecule has 1 aromatic rings. The van der Waals surface area contributed by atoms with Crippen LogP contribution in [0.5, 0.6) is 5.75 Å². The van der Waals surface area contributed by atoms with Crippen LogP contribution in [-0.2, 0) is 10.0 Å². The van der Waals surface area contributed by atoms with Gasteiger partial charge in [-0.15, -0.1) is 0 Å². The number of ether oxygens (including phenoxy) is 1. The molecule has 7 heteroatoms. The molecule has 0 saturated heterocycles. The number of sulfonamides is 1. The van der Waals surface area contributed by atoms with Crippen LogP contribution in [0, 0.1) is 11.7 Å². The summed E-state index contributed by atoms with van der Waals surface area (Å²) in [7, 11) is -2.45. The Kier molecular flexibility index (Phi) is 5.28. The van der Waals surface area contributed by atoms with Crippen molar-refractivity contribution in [1.29, 1.82) is 0 Å². The van der Waals surface area contributed by atoms with E-state index in [9.17, 15) is 12.8 Å². The molecule has 5 nitrogen and oxygen atoms in total. The van der Waals surface area contributed by atoms with Gasteiger partial charge in [0.2, 0.25) is 10.0 Å². The maximum absolute atomic E-state index is 13.5. The molecule has 0 saturated carbocycles. The number of methoxy groups -OCH3 is 1. The Morgan fingerprint density at radius 1 is 1.42 bits per heavy atom. The average molecular weight is 290 g/mol. The Labute approximate surface area is 113 Å². The zero-order valence-corrected chi connectivity index (χ0v) is 12.0. The molecule has 0 spiro atoms. The van der Waals surface area contributed by atoms with Crippen LogP contribution in [0.1, 0.15) is 13.8 Å². The van der Waals surface area contributed by atoms with Crippen molar-refractivity contribution >= 4 is 10.0 Å². The van der Waals surface area contributed by atoms with Crippen molar-refractivity contribution in [2.24, 2.45) is 11.7 Å². The van der Waals surface area contributed by atoms with Gasteiger partial charge in [-0.25, -0.2) is 17.5 Å². The van der Waals surface area contributed by atoms with Gasteiger partial charge >= 0.3 is 0 Å². The van der Waals surface area contributed by atoms with E-state index < -0.39 is 15.8 Å². The smallest absolute Gasteiger partial charge is 0.240 e. The number of benzene rings is 1. The highest BCUT2D eigenvalue weighted by Crippen LogP contribution is 2.20. The van der Waals surface area contributed by atoms with Crippen LogP contribution in [0.3, 0.4) is 0 Å². The number of halogens is 1. The summed E-state index contributed by atoms with van der Waals surface area (Å²) < 4.78 is 44.4. The molecule has 0 amide bonds. The second-order valence-corrected chi connectivity index (χ2v) is 6.32. The molecule has 3 N–H and O–H groups in total. The third-order valence-corrected chi connectivity index (χ3v) is 4.22. The van der Waals surface area contributed by atoms with Gasteiger partial charge in [-0.2, -0.15) is 0 Å². The first-order chi connectivity index (χ1) is 8.77. The van der Waals surface area contributed by atoms with Crippen LogP contribution in [0.2, 0.25) is 0 Å². The maximum Gasteiger partial charge on any atom is 0.240 e. The topological polar surface area (TPSA) is 81.4 Å². The van der Waals surface area contributed by atoms with Gasteiger partial charge < -0.3 is 10.5 Å². The zero-order chi connectivity index (χ0) is 14.6. The van der Waals surface area contributed by atoms with Gasteiger partial charge in [0.25, 0.3) is 0 Å². The highest BCUT2D eigenvalue weighted by atomic mass is 32.2. The van der Waals surface area contributed by atoms with E-state index in [1.807, 2.05) is 13.8 Å². The minimum atomic E-state index is -3.76. The molecule has 108 valence electrons. The van der Waals surface area contributed by atoms with E-state index >= 15 is 0 Å². The molecule has 0 radical (unpaired) electrons. The third-order valence-electron chi connectivity index (χ3n) is 2.80. The molecule has 0 aromatic heterocycles. The molecule has 0 aliphatic heterocycles. The van der Waals surface area contributed by atoms with Crippen LogP contribution in [-0.4, -0.2) is 28.1 Å². The SMILES string of the molecule is COc1ccc(S(=O)(=O)NCC(N)C(C)C)cc1F. The molecule has 0 bridgehead atoms. The Morgan fingerprint density at radius 3 is 2.53 bits per heavy atom. The van der Waals surface area contributed by atoms with E-state index in [0.29, 0.717) is 0 Å². The molecular formula is C12H19FN2O3S. The number of nitrogens with two attached hydrogens (primary N) is 1. The van der Waals surface area contributed by atoms with Gasteiger partial charge in [-0.1, -0.05) is 13.8 Å². The molecular weight excluding hydrogens is 271 g/mol. The first-order valence-corrected chi connectivity index (χ1v) is 7.35. The summed E-state index contributed by atoms with van der Waals surface area (Å²) in [6, 6.07) is 3.18. The van der Waals surface area contributed by atoms with E-state index in [1.54, 1.807) is 0 Å². The predicted molar refractivity (Wildman–Crippen MR) is 71.0 cm³/mol. The lowest BCUT2D eigenvalue weighted by Gasteiger charge is -2.16. The molecule has 0 fully saturated rings. The van der Waals surface area contributed by atoms with Gasteiger partial charge in [0, 0.05) is 12.6 Å². The number of hydrogen-bond acceptors (Lipinski definition) is 4. The third kappa shape index (κ3) is 4.15. The lowest BCUT2D eigenvalue weighted by atomic mass is 10.1. The fourth-order valence-corrected chi connectivity index (χ4v) is 2.42. The van der Waals surface area contributed by atoms with Crippen LogP contribution in [0.25, 0.3) is 0 Å². The fraction of sp³-hybridized carbons (Fsp3) is 0.500. The summed E-state index contributed by atoms with van der Waals surface area (Å²) in [5.74, 6) is -0.577.